The van der Waals surface area contributed by atoms with Crippen molar-refractivity contribution >= 4 is 10.0 Å². The Bertz CT molecular complexity index is 489. The van der Waals surface area contributed by atoms with Crippen LogP contribution in [0.15, 0.2) is 29.2 Å². The molecule has 1 fully saturated rings. The summed E-state index contributed by atoms with van der Waals surface area (Å²) in [6, 6.07) is 7.07. The van der Waals surface area contributed by atoms with E-state index in [0.29, 0.717) is 4.90 Å². The predicted octanol–water partition coefficient (Wildman–Crippen LogP) is 2.22. The molecule has 1 aromatic rings. The molecule has 88 valence electrons. The summed E-state index contributed by atoms with van der Waals surface area (Å²) in [5, 5.41) is 0. The summed E-state index contributed by atoms with van der Waals surface area (Å²) in [5.74, 6) is 0. The van der Waals surface area contributed by atoms with E-state index in [2.05, 4.69) is 4.72 Å². The van der Waals surface area contributed by atoms with Crippen LogP contribution < -0.4 is 4.72 Å². The van der Waals surface area contributed by atoms with Crippen LogP contribution in [0.1, 0.15) is 31.7 Å². The molecule has 1 saturated carbocycles. The minimum atomic E-state index is -3.36. The summed E-state index contributed by atoms with van der Waals surface area (Å²) in [7, 11) is -3.36. The topological polar surface area (TPSA) is 46.2 Å². The first-order valence-electron chi connectivity index (χ1n) is 5.53. The largest absolute Gasteiger partial charge is 0.241 e. The van der Waals surface area contributed by atoms with Gasteiger partial charge in [-0.05, 0) is 44.7 Å². The molecule has 0 aliphatic heterocycles. The van der Waals surface area contributed by atoms with Crippen LogP contribution in [0.4, 0.5) is 0 Å². The lowest BCUT2D eigenvalue weighted by atomic mass is 9.80. The van der Waals surface area contributed by atoms with Crippen LogP contribution in [0, 0.1) is 6.92 Å². The zero-order valence-electron chi connectivity index (χ0n) is 9.66. The van der Waals surface area contributed by atoms with Crippen LogP contribution in [0.5, 0.6) is 0 Å². The highest BCUT2D eigenvalue weighted by Crippen LogP contribution is 2.32. The first kappa shape index (κ1) is 11.6. The van der Waals surface area contributed by atoms with Gasteiger partial charge in [-0.15, -0.1) is 0 Å². The highest BCUT2D eigenvalue weighted by atomic mass is 32.2. The minimum absolute atomic E-state index is 0.235. The molecule has 0 bridgehead atoms. The number of rotatable bonds is 3. The molecule has 0 unspecified atom stereocenters. The molecule has 1 aliphatic rings. The van der Waals surface area contributed by atoms with E-state index in [9.17, 15) is 8.42 Å². The van der Waals surface area contributed by atoms with Gasteiger partial charge in [0, 0.05) is 5.54 Å². The number of hydrogen-bond acceptors (Lipinski definition) is 2. The normalized spacial score (nSPS) is 19.1. The minimum Gasteiger partial charge on any atom is -0.207 e. The van der Waals surface area contributed by atoms with Crippen molar-refractivity contribution in [3.05, 3.63) is 29.8 Å². The predicted molar refractivity (Wildman–Crippen MR) is 63.8 cm³/mol. The third-order valence-corrected chi connectivity index (χ3v) is 5.02. The first-order valence-corrected chi connectivity index (χ1v) is 7.01. The van der Waals surface area contributed by atoms with Gasteiger partial charge in [0.15, 0.2) is 0 Å². The highest BCUT2D eigenvalue weighted by Gasteiger charge is 2.36. The summed E-state index contributed by atoms with van der Waals surface area (Å²) in [6.07, 6.45) is 2.96. The van der Waals surface area contributed by atoms with Gasteiger partial charge in [0.1, 0.15) is 0 Å². The average Bonchev–Trinajstić information content (AvgIpc) is 2.15. The molecule has 16 heavy (non-hydrogen) atoms. The molecular weight excluding hydrogens is 222 g/mol. The summed E-state index contributed by atoms with van der Waals surface area (Å²) in [4.78, 5) is 0.392. The molecule has 3 nitrogen and oxygen atoms in total. The molecule has 0 radical (unpaired) electrons. The van der Waals surface area contributed by atoms with Gasteiger partial charge in [-0.3, -0.25) is 0 Å². The number of nitrogens with one attached hydrogen (secondary N) is 1. The molecule has 0 heterocycles. The van der Waals surface area contributed by atoms with Crippen LogP contribution in [-0.4, -0.2) is 14.0 Å². The van der Waals surface area contributed by atoms with Crippen molar-refractivity contribution in [2.75, 3.05) is 0 Å². The maximum Gasteiger partial charge on any atom is 0.241 e. The second kappa shape index (κ2) is 3.86. The zero-order chi connectivity index (χ0) is 11.8. The van der Waals surface area contributed by atoms with E-state index in [0.717, 1.165) is 24.8 Å². The van der Waals surface area contributed by atoms with E-state index in [1.165, 1.54) is 0 Å². The molecule has 1 N–H and O–H groups in total. The molecule has 0 atom stereocenters. The standard InChI is InChI=1S/C12H17NO2S/c1-10-6-3-4-7-11(10)16(14,15)13-12(2)8-5-9-12/h3-4,6-7,13H,5,8-9H2,1-2H3. The second-order valence-corrected chi connectivity index (χ2v) is 6.44. The molecule has 0 amide bonds. The van der Waals surface area contributed by atoms with Crippen LogP contribution in [0.2, 0.25) is 0 Å². The van der Waals surface area contributed by atoms with E-state index in [4.69, 9.17) is 0 Å². The van der Waals surface area contributed by atoms with Crippen molar-refractivity contribution in [2.24, 2.45) is 0 Å². The fourth-order valence-corrected chi connectivity index (χ4v) is 3.76. The van der Waals surface area contributed by atoms with Gasteiger partial charge in [0.05, 0.1) is 4.90 Å². The van der Waals surface area contributed by atoms with Crippen LogP contribution in [-0.2, 0) is 10.0 Å². The van der Waals surface area contributed by atoms with Gasteiger partial charge in [-0.25, -0.2) is 13.1 Å². The Morgan fingerprint density at radius 1 is 1.25 bits per heavy atom. The Hall–Kier alpha value is -0.870. The van der Waals surface area contributed by atoms with Crippen molar-refractivity contribution in [2.45, 2.75) is 43.5 Å². The molecule has 4 heteroatoms. The number of benzene rings is 1. The maximum atomic E-state index is 12.2. The fraction of sp³-hybridized carbons (Fsp3) is 0.500. The lowest BCUT2D eigenvalue weighted by Gasteiger charge is -2.38. The Morgan fingerprint density at radius 3 is 2.38 bits per heavy atom. The molecule has 1 aromatic carbocycles. The van der Waals surface area contributed by atoms with Crippen LogP contribution >= 0.6 is 0 Å². The summed E-state index contributed by atoms with van der Waals surface area (Å²) in [6.45, 7) is 3.78. The van der Waals surface area contributed by atoms with Gasteiger partial charge in [-0.2, -0.15) is 0 Å². The van der Waals surface area contributed by atoms with Crippen molar-refractivity contribution in [1.29, 1.82) is 0 Å². The van der Waals surface area contributed by atoms with E-state index in [-0.39, 0.29) is 5.54 Å². The SMILES string of the molecule is Cc1ccccc1S(=O)(=O)NC1(C)CCC1. The second-order valence-electron chi connectivity index (χ2n) is 4.79. The molecule has 0 spiro atoms. The van der Waals surface area contributed by atoms with Gasteiger partial charge >= 0.3 is 0 Å². The van der Waals surface area contributed by atoms with Gasteiger partial charge in [0.25, 0.3) is 0 Å². The quantitative estimate of drug-likeness (QED) is 0.879. The maximum absolute atomic E-state index is 12.2. The molecular formula is C12H17NO2S. The molecule has 0 aromatic heterocycles. The van der Waals surface area contributed by atoms with E-state index in [1.807, 2.05) is 26.0 Å². The Kier molecular flexibility index (Phi) is 2.80. The van der Waals surface area contributed by atoms with Crippen molar-refractivity contribution in [3.63, 3.8) is 0 Å². The van der Waals surface area contributed by atoms with Gasteiger partial charge in [0.2, 0.25) is 10.0 Å². The molecule has 2 rings (SSSR count). The summed E-state index contributed by atoms with van der Waals surface area (Å²) < 4.78 is 27.1. The lowest BCUT2D eigenvalue weighted by molar-refractivity contribution is 0.248. The molecule has 0 saturated heterocycles. The van der Waals surface area contributed by atoms with Crippen molar-refractivity contribution < 1.29 is 8.42 Å². The van der Waals surface area contributed by atoms with Crippen LogP contribution in [0.25, 0.3) is 0 Å². The third kappa shape index (κ3) is 2.13. The Balaban J connectivity index is 2.29. The van der Waals surface area contributed by atoms with Gasteiger partial charge in [-0.1, -0.05) is 18.2 Å². The average molecular weight is 239 g/mol. The monoisotopic (exact) mass is 239 g/mol. The fourth-order valence-electron chi connectivity index (χ4n) is 2.05. The third-order valence-electron chi connectivity index (χ3n) is 3.22. The number of aryl methyl sites for hydroxylation is 1. The first-order chi connectivity index (χ1) is 7.43. The Labute approximate surface area is 96.9 Å². The highest BCUT2D eigenvalue weighted by molar-refractivity contribution is 7.89. The summed E-state index contributed by atoms with van der Waals surface area (Å²) in [5.41, 5.74) is 0.555. The van der Waals surface area contributed by atoms with Crippen molar-refractivity contribution in [1.82, 2.24) is 4.72 Å². The smallest absolute Gasteiger partial charge is 0.207 e. The van der Waals surface area contributed by atoms with Crippen LogP contribution in [0.3, 0.4) is 0 Å². The lowest BCUT2D eigenvalue weighted by Crippen LogP contribution is -2.50. The van der Waals surface area contributed by atoms with Crippen molar-refractivity contribution in [3.8, 4) is 0 Å². The van der Waals surface area contributed by atoms with E-state index < -0.39 is 10.0 Å². The van der Waals surface area contributed by atoms with E-state index in [1.54, 1.807) is 12.1 Å². The number of hydrogen-bond donors (Lipinski definition) is 1. The molecule has 1 aliphatic carbocycles. The van der Waals surface area contributed by atoms with Gasteiger partial charge < -0.3 is 0 Å². The number of sulfonamides is 1. The van der Waals surface area contributed by atoms with E-state index >= 15 is 0 Å². The summed E-state index contributed by atoms with van der Waals surface area (Å²) >= 11 is 0. The Morgan fingerprint density at radius 2 is 1.88 bits per heavy atom. The zero-order valence-corrected chi connectivity index (χ0v) is 10.5.